The summed E-state index contributed by atoms with van der Waals surface area (Å²) in [5.74, 6) is 0.513. The zero-order valence-electron chi connectivity index (χ0n) is 14.1. The fourth-order valence-corrected chi connectivity index (χ4v) is 4.04. The number of nitrogens with one attached hydrogen (secondary N) is 1. The van der Waals surface area contributed by atoms with Crippen molar-refractivity contribution in [2.75, 3.05) is 19.6 Å². The summed E-state index contributed by atoms with van der Waals surface area (Å²) >= 11 is 1.70. The second kappa shape index (κ2) is 8.28. The molecule has 0 unspecified atom stereocenters. The van der Waals surface area contributed by atoms with Gasteiger partial charge in [0.25, 0.3) is 0 Å². The minimum absolute atomic E-state index is 0.0753. The van der Waals surface area contributed by atoms with Crippen LogP contribution >= 0.6 is 11.3 Å². The Bertz CT molecular complexity index is 639. The monoisotopic (exact) mass is 347 g/mol. The third kappa shape index (κ3) is 4.56. The predicted molar refractivity (Wildman–Crippen MR) is 95.1 cm³/mol. The lowest BCUT2D eigenvalue weighted by molar-refractivity contribution is 0.159. The van der Waals surface area contributed by atoms with Gasteiger partial charge in [0.2, 0.25) is 0 Å². The van der Waals surface area contributed by atoms with Crippen molar-refractivity contribution in [1.82, 2.24) is 24.8 Å². The lowest BCUT2D eigenvalue weighted by atomic mass is 9.98. The first-order valence-electron chi connectivity index (χ1n) is 8.60. The molecule has 2 aromatic heterocycles. The van der Waals surface area contributed by atoms with Gasteiger partial charge < -0.3 is 14.8 Å². The number of imidazole rings is 1. The molecule has 0 bridgehead atoms. The average Bonchev–Trinajstić information content (AvgIpc) is 3.24. The Labute approximate surface area is 146 Å². The number of carbonyl (C=O) groups excluding carboxylic acids is 1. The first-order chi connectivity index (χ1) is 11.7. The van der Waals surface area contributed by atoms with E-state index in [4.69, 9.17) is 0 Å². The molecule has 0 radical (unpaired) electrons. The van der Waals surface area contributed by atoms with Crippen LogP contribution in [0.25, 0.3) is 0 Å². The zero-order chi connectivity index (χ0) is 16.8. The van der Waals surface area contributed by atoms with Crippen molar-refractivity contribution in [2.24, 2.45) is 5.92 Å². The molecule has 0 aliphatic carbocycles. The van der Waals surface area contributed by atoms with Crippen molar-refractivity contribution >= 4 is 17.4 Å². The molecule has 3 rings (SSSR count). The molecule has 3 heterocycles. The maximum atomic E-state index is 12.4. The van der Waals surface area contributed by atoms with E-state index in [1.54, 1.807) is 17.5 Å². The van der Waals surface area contributed by atoms with E-state index in [0.29, 0.717) is 5.92 Å². The van der Waals surface area contributed by atoms with Crippen LogP contribution in [0.5, 0.6) is 0 Å². The molecule has 1 fully saturated rings. The Balaban J connectivity index is 1.38. The number of aryl methyl sites for hydroxylation is 2. The van der Waals surface area contributed by atoms with Gasteiger partial charge in [-0.1, -0.05) is 0 Å². The Morgan fingerprint density at radius 2 is 2.42 bits per heavy atom. The van der Waals surface area contributed by atoms with Crippen LogP contribution in [-0.2, 0) is 13.0 Å². The molecule has 1 N–H and O–H groups in total. The van der Waals surface area contributed by atoms with E-state index in [1.807, 2.05) is 29.9 Å². The van der Waals surface area contributed by atoms with Crippen molar-refractivity contribution in [3.63, 3.8) is 0 Å². The van der Waals surface area contributed by atoms with Crippen molar-refractivity contribution in [1.29, 1.82) is 0 Å². The molecule has 2 aromatic rings. The molecule has 2 amide bonds. The van der Waals surface area contributed by atoms with Crippen molar-refractivity contribution in [3.05, 3.63) is 34.8 Å². The first kappa shape index (κ1) is 17.0. The SMILES string of the molecule is Cc1ncsc1CCCNC(=O)N1CCC[C@@H](Cn2ccnc2)C1. The number of aromatic nitrogens is 3. The number of hydrogen-bond donors (Lipinski definition) is 1. The van der Waals surface area contributed by atoms with Crippen LogP contribution < -0.4 is 5.32 Å². The molecule has 7 heteroatoms. The summed E-state index contributed by atoms with van der Waals surface area (Å²) < 4.78 is 2.10. The number of hydrogen-bond acceptors (Lipinski definition) is 4. The van der Waals surface area contributed by atoms with E-state index in [-0.39, 0.29) is 6.03 Å². The molecule has 0 saturated carbocycles. The number of likely N-dealkylation sites (tertiary alicyclic amines) is 1. The van der Waals surface area contributed by atoms with E-state index in [2.05, 4.69) is 19.9 Å². The molecule has 1 aliphatic heterocycles. The summed E-state index contributed by atoms with van der Waals surface area (Å²) in [5, 5.41) is 3.07. The molecular formula is C17H25N5OS. The topological polar surface area (TPSA) is 63.1 Å². The van der Waals surface area contributed by atoms with Gasteiger partial charge in [-0.3, -0.25) is 0 Å². The summed E-state index contributed by atoms with van der Waals surface area (Å²) in [6, 6.07) is 0.0753. The second-order valence-electron chi connectivity index (χ2n) is 6.41. The maximum absolute atomic E-state index is 12.4. The molecule has 24 heavy (non-hydrogen) atoms. The van der Waals surface area contributed by atoms with Gasteiger partial charge in [0.1, 0.15) is 0 Å². The maximum Gasteiger partial charge on any atom is 0.317 e. The predicted octanol–water partition coefficient (Wildman–Crippen LogP) is 2.70. The van der Waals surface area contributed by atoms with Gasteiger partial charge in [0, 0.05) is 43.4 Å². The van der Waals surface area contributed by atoms with Gasteiger partial charge in [-0.15, -0.1) is 11.3 Å². The lowest BCUT2D eigenvalue weighted by Crippen LogP contribution is -2.46. The molecule has 0 aromatic carbocycles. The number of thiazole rings is 1. The smallest absolute Gasteiger partial charge is 0.317 e. The highest BCUT2D eigenvalue weighted by Gasteiger charge is 2.23. The highest BCUT2D eigenvalue weighted by atomic mass is 32.1. The standard InChI is InChI=1S/C17H25N5OS/c1-14-16(24-13-20-14)5-2-6-19-17(23)22-8-3-4-15(11-22)10-21-9-7-18-12-21/h7,9,12-13,15H,2-6,8,10-11H2,1H3,(H,19,23)/t15-/m0/s1. The third-order valence-corrected chi connectivity index (χ3v) is 5.53. The largest absolute Gasteiger partial charge is 0.338 e. The van der Waals surface area contributed by atoms with Crippen LogP contribution in [0.2, 0.25) is 0 Å². The van der Waals surface area contributed by atoms with Crippen molar-refractivity contribution < 1.29 is 4.79 Å². The highest BCUT2D eigenvalue weighted by Crippen LogP contribution is 2.18. The highest BCUT2D eigenvalue weighted by molar-refractivity contribution is 7.09. The summed E-state index contributed by atoms with van der Waals surface area (Å²) in [4.78, 5) is 24.0. The van der Waals surface area contributed by atoms with Crippen molar-refractivity contribution in [2.45, 2.75) is 39.2 Å². The van der Waals surface area contributed by atoms with Crippen LogP contribution in [0.3, 0.4) is 0 Å². The van der Waals surface area contributed by atoms with Gasteiger partial charge in [0.05, 0.1) is 17.5 Å². The van der Waals surface area contributed by atoms with Crippen LogP contribution in [0, 0.1) is 12.8 Å². The Morgan fingerprint density at radius 1 is 1.50 bits per heavy atom. The van der Waals surface area contributed by atoms with Gasteiger partial charge in [0.15, 0.2) is 0 Å². The summed E-state index contributed by atoms with van der Waals surface area (Å²) in [6.45, 7) is 5.39. The molecule has 6 nitrogen and oxygen atoms in total. The molecule has 0 spiro atoms. The average molecular weight is 347 g/mol. The Morgan fingerprint density at radius 3 is 3.17 bits per heavy atom. The number of rotatable bonds is 6. The van der Waals surface area contributed by atoms with E-state index in [0.717, 1.165) is 51.1 Å². The Hall–Kier alpha value is -1.89. The summed E-state index contributed by atoms with van der Waals surface area (Å²) in [5.41, 5.74) is 3.00. The Kier molecular flexibility index (Phi) is 5.85. The van der Waals surface area contributed by atoms with Crippen LogP contribution in [0.1, 0.15) is 29.8 Å². The fourth-order valence-electron chi connectivity index (χ4n) is 3.21. The van der Waals surface area contributed by atoms with E-state index in [1.165, 1.54) is 11.3 Å². The molecule has 1 saturated heterocycles. The number of piperidine rings is 1. The quantitative estimate of drug-likeness (QED) is 0.817. The molecule has 130 valence electrons. The van der Waals surface area contributed by atoms with Crippen LogP contribution in [0.15, 0.2) is 24.2 Å². The van der Waals surface area contributed by atoms with E-state index >= 15 is 0 Å². The number of carbonyl (C=O) groups is 1. The first-order valence-corrected chi connectivity index (χ1v) is 9.48. The lowest BCUT2D eigenvalue weighted by Gasteiger charge is -2.33. The normalized spacial score (nSPS) is 17.9. The van der Waals surface area contributed by atoms with Gasteiger partial charge in [-0.25, -0.2) is 14.8 Å². The number of nitrogens with zero attached hydrogens (tertiary/aromatic N) is 4. The molecular weight excluding hydrogens is 322 g/mol. The number of urea groups is 1. The van der Waals surface area contributed by atoms with Gasteiger partial charge in [-0.2, -0.15) is 0 Å². The molecule has 1 aliphatic rings. The van der Waals surface area contributed by atoms with Gasteiger partial charge in [-0.05, 0) is 38.5 Å². The zero-order valence-corrected chi connectivity index (χ0v) is 15.0. The van der Waals surface area contributed by atoms with Crippen LogP contribution in [-0.4, -0.2) is 45.1 Å². The third-order valence-electron chi connectivity index (χ3n) is 4.54. The van der Waals surface area contributed by atoms with E-state index < -0.39 is 0 Å². The second-order valence-corrected chi connectivity index (χ2v) is 7.35. The van der Waals surface area contributed by atoms with Crippen molar-refractivity contribution in [3.8, 4) is 0 Å². The minimum Gasteiger partial charge on any atom is -0.338 e. The summed E-state index contributed by atoms with van der Waals surface area (Å²) in [7, 11) is 0. The number of amides is 2. The van der Waals surface area contributed by atoms with Crippen LogP contribution in [0.4, 0.5) is 4.79 Å². The molecule has 1 atom stereocenters. The fraction of sp³-hybridized carbons (Fsp3) is 0.588. The summed E-state index contributed by atoms with van der Waals surface area (Å²) in [6.07, 6.45) is 9.83. The van der Waals surface area contributed by atoms with E-state index in [9.17, 15) is 4.79 Å². The minimum atomic E-state index is 0.0753. The van der Waals surface area contributed by atoms with Gasteiger partial charge >= 0.3 is 6.03 Å².